The molecule has 0 saturated carbocycles. The van der Waals surface area contributed by atoms with Crippen molar-refractivity contribution in [3.8, 4) is 0 Å². The minimum Gasteiger partial charge on any atom is -0.296 e. The van der Waals surface area contributed by atoms with Crippen LogP contribution in [0.1, 0.15) is 44.7 Å². The van der Waals surface area contributed by atoms with E-state index >= 15 is 0 Å². The van der Waals surface area contributed by atoms with Gasteiger partial charge in [0.15, 0.2) is 0 Å². The van der Waals surface area contributed by atoms with Crippen LogP contribution >= 0.6 is 0 Å². The topological polar surface area (TPSA) is 6.48 Å². The number of aryl methyl sites for hydroxylation is 1. The van der Waals surface area contributed by atoms with Crippen LogP contribution in [-0.2, 0) is 6.54 Å². The van der Waals surface area contributed by atoms with Crippen LogP contribution in [0.2, 0.25) is 0 Å². The first-order valence-corrected chi connectivity index (χ1v) is 8.13. The van der Waals surface area contributed by atoms with Gasteiger partial charge < -0.3 is 0 Å². The van der Waals surface area contributed by atoms with E-state index in [0.29, 0.717) is 12.1 Å². The lowest BCUT2D eigenvalue weighted by Crippen LogP contribution is -2.56. The smallest absolute Gasteiger partial charge is 0.0235 e. The second-order valence-corrected chi connectivity index (χ2v) is 6.47. The molecule has 2 heteroatoms. The molecule has 2 atom stereocenters. The Morgan fingerprint density at radius 1 is 1.05 bits per heavy atom. The van der Waals surface area contributed by atoms with Crippen molar-refractivity contribution >= 4 is 0 Å². The molecule has 0 radical (unpaired) electrons. The normalized spacial score (nSPS) is 25.0. The Morgan fingerprint density at radius 2 is 1.65 bits per heavy atom. The molecule has 1 heterocycles. The zero-order valence-corrected chi connectivity index (χ0v) is 13.6. The Kier molecular flexibility index (Phi) is 5.62. The molecule has 1 fully saturated rings. The molecule has 0 N–H and O–H groups in total. The van der Waals surface area contributed by atoms with Crippen LogP contribution in [0.25, 0.3) is 0 Å². The highest BCUT2D eigenvalue weighted by Crippen LogP contribution is 2.18. The van der Waals surface area contributed by atoms with Crippen LogP contribution in [-0.4, -0.2) is 41.5 Å². The van der Waals surface area contributed by atoms with Crippen molar-refractivity contribution in [1.29, 1.82) is 0 Å². The number of rotatable bonds is 5. The summed E-state index contributed by atoms with van der Waals surface area (Å²) in [5.74, 6) is 0. The molecule has 0 spiro atoms. The summed E-state index contributed by atoms with van der Waals surface area (Å²) >= 11 is 0. The van der Waals surface area contributed by atoms with Gasteiger partial charge in [-0.3, -0.25) is 9.80 Å². The summed E-state index contributed by atoms with van der Waals surface area (Å²) in [7, 11) is 0. The number of hydrogen-bond donors (Lipinski definition) is 0. The Balaban J connectivity index is 1.91. The van der Waals surface area contributed by atoms with E-state index in [1.807, 2.05) is 0 Å². The Hall–Kier alpha value is -0.860. The fraction of sp³-hybridized carbons (Fsp3) is 0.667. The molecule has 2 unspecified atom stereocenters. The molecule has 0 aliphatic carbocycles. The molecule has 1 aromatic carbocycles. The average molecular weight is 274 g/mol. The molecule has 0 aromatic heterocycles. The lowest BCUT2D eigenvalue weighted by Gasteiger charge is -2.44. The summed E-state index contributed by atoms with van der Waals surface area (Å²) in [6.07, 6.45) is 2.62. The van der Waals surface area contributed by atoms with Crippen LogP contribution in [0.3, 0.4) is 0 Å². The van der Waals surface area contributed by atoms with Gasteiger partial charge in [-0.2, -0.15) is 0 Å². The van der Waals surface area contributed by atoms with Crippen molar-refractivity contribution in [3.63, 3.8) is 0 Å². The highest BCUT2D eigenvalue weighted by Gasteiger charge is 2.28. The second kappa shape index (κ2) is 7.24. The molecule has 2 rings (SSSR count). The van der Waals surface area contributed by atoms with E-state index < -0.39 is 0 Å². The maximum atomic E-state index is 2.69. The van der Waals surface area contributed by atoms with Gasteiger partial charge in [-0.15, -0.1) is 0 Å². The van der Waals surface area contributed by atoms with Crippen molar-refractivity contribution in [3.05, 3.63) is 35.4 Å². The van der Waals surface area contributed by atoms with Gasteiger partial charge in [0.2, 0.25) is 0 Å². The van der Waals surface area contributed by atoms with Gasteiger partial charge >= 0.3 is 0 Å². The molecule has 0 bridgehead atoms. The van der Waals surface area contributed by atoms with Gasteiger partial charge in [-0.05, 0) is 39.3 Å². The van der Waals surface area contributed by atoms with Gasteiger partial charge in [-0.25, -0.2) is 0 Å². The summed E-state index contributed by atoms with van der Waals surface area (Å²) < 4.78 is 0. The van der Waals surface area contributed by atoms with Gasteiger partial charge in [0.05, 0.1) is 0 Å². The fourth-order valence-corrected chi connectivity index (χ4v) is 3.33. The minimum atomic E-state index is 0.677. The zero-order chi connectivity index (χ0) is 14.5. The van der Waals surface area contributed by atoms with Crippen molar-refractivity contribution in [1.82, 2.24) is 9.80 Å². The third-order valence-corrected chi connectivity index (χ3v) is 4.47. The van der Waals surface area contributed by atoms with Crippen molar-refractivity contribution in [2.75, 3.05) is 19.6 Å². The monoisotopic (exact) mass is 274 g/mol. The van der Waals surface area contributed by atoms with Crippen molar-refractivity contribution < 1.29 is 0 Å². The Labute approximate surface area is 124 Å². The molecule has 20 heavy (non-hydrogen) atoms. The maximum Gasteiger partial charge on any atom is 0.0235 e. The van der Waals surface area contributed by atoms with Crippen LogP contribution in [0.15, 0.2) is 24.3 Å². The first-order chi connectivity index (χ1) is 9.60. The molecule has 0 amide bonds. The van der Waals surface area contributed by atoms with Crippen molar-refractivity contribution in [2.24, 2.45) is 0 Å². The van der Waals surface area contributed by atoms with E-state index in [1.165, 1.54) is 43.6 Å². The zero-order valence-electron chi connectivity index (χ0n) is 13.6. The number of hydrogen-bond acceptors (Lipinski definition) is 2. The maximum absolute atomic E-state index is 2.69. The molecule has 2 nitrogen and oxygen atoms in total. The van der Waals surface area contributed by atoms with E-state index in [4.69, 9.17) is 0 Å². The first kappa shape index (κ1) is 15.5. The summed E-state index contributed by atoms with van der Waals surface area (Å²) in [5, 5.41) is 0. The van der Waals surface area contributed by atoms with E-state index in [0.717, 1.165) is 6.54 Å². The molecule has 1 aromatic rings. The van der Waals surface area contributed by atoms with Gasteiger partial charge in [-0.1, -0.05) is 43.2 Å². The Morgan fingerprint density at radius 3 is 2.20 bits per heavy atom. The molecule has 1 aliphatic rings. The SMILES string of the molecule is CCCCN1C(C)CN(Cc2ccc(C)cc2)CC1C. The van der Waals surface area contributed by atoms with Gasteiger partial charge in [0.1, 0.15) is 0 Å². The lowest BCUT2D eigenvalue weighted by atomic mass is 10.1. The number of unbranched alkanes of at least 4 members (excludes halogenated alkanes) is 1. The van der Waals surface area contributed by atoms with E-state index in [9.17, 15) is 0 Å². The van der Waals surface area contributed by atoms with Crippen LogP contribution in [0.4, 0.5) is 0 Å². The molecular weight excluding hydrogens is 244 g/mol. The average Bonchev–Trinajstić information content (AvgIpc) is 2.41. The number of piperazine rings is 1. The molecule has 1 aliphatic heterocycles. The highest BCUT2D eigenvalue weighted by molar-refractivity contribution is 5.21. The van der Waals surface area contributed by atoms with Crippen LogP contribution < -0.4 is 0 Å². The first-order valence-electron chi connectivity index (χ1n) is 8.13. The minimum absolute atomic E-state index is 0.677. The van der Waals surface area contributed by atoms with Crippen molar-refractivity contribution in [2.45, 2.75) is 59.2 Å². The Bertz CT molecular complexity index is 386. The summed E-state index contributed by atoms with van der Waals surface area (Å²) in [5.41, 5.74) is 2.79. The van der Waals surface area contributed by atoms with Gasteiger partial charge in [0.25, 0.3) is 0 Å². The van der Waals surface area contributed by atoms with E-state index in [-0.39, 0.29) is 0 Å². The van der Waals surface area contributed by atoms with Gasteiger partial charge in [0, 0.05) is 31.7 Å². The summed E-state index contributed by atoms with van der Waals surface area (Å²) in [6.45, 7) is 13.9. The molecule has 112 valence electrons. The van der Waals surface area contributed by atoms with Crippen LogP contribution in [0.5, 0.6) is 0 Å². The van der Waals surface area contributed by atoms with Crippen LogP contribution in [0, 0.1) is 6.92 Å². The lowest BCUT2D eigenvalue weighted by molar-refractivity contribution is 0.0341. The number of benzene rings is 1. The second-order valence-electron chi connectivity index (χ2n) is 6.47. The fourth-order valence-electron chi connectivity index (χ4n) is 3.33. The summed E-state index contributed by atoms with van der Waals surface area (Å²) in [6, 6.07) is 10.3. The largest absolute Gasteiger partial charge is 0.296 e. The predicted molar refractivity (Wildman–Crippen MR) is 87.0 cm³/mol. The highest BCUT2D eigenvalue weighted by atomic mass is 15.3. The third kappa shape index (κ3) is 4.07. The van der Waals surface area contributed by atoms with E-state index in [2.05, 4.69) is 61.8 Å². The predicted octanol–water partition coefficient (Wildman–Crippen LogP) is 3.69. The molecule has 1 saturated heterocycles. The quantitative estimate of drug-likeness (QED) is 0.808. The third-order valence-electron chi connectivity index (χ3n) is 4.47. The summed E-state index contributed by atoms with van der Waals surface area (Å²) in [4.78, 5) is 5.30. The van der Waals surface area contributed by atoms with E-state index in [1.54, 1.807) is 0 Å². The molecular formula is C18H30N2. The standard InChI is InChI=1S/C18H30N2/c1-5-6-11-20-16(3)12-19(13-17(20)4)14-18-9-7-15(2)8-10-18/h7-10,16-17H,5-6,11-14H2,1-4H3. The number of nitrogens with zero attached hydrogens (tertiary/aromatic N) is 2.